The van der Waals surface area contributed by atoms with Gasteiger partial charge in [-0.25, -0.2) is 8.42 Å². The number of carbonyl (C=O) groups excluding carboxylic acids is 1. The highest BCUT2D eigenvalue weighted by molar-refractivity contribution is 7.89. The summed E-state index contributed by atoms with van der Waals surface area (Å²) in [6.45, 7) is 5.86. The van der Waals surface area contributed by atoms with E-state index in [9.17, 15) is 13.2 Å². The maximum absolute atomic E-state index is 12.6. The standard InChI is InChI=1S/C22H27N3O5S/c1-2-31(27,28)25-11-9-24(10-12-25)16-17-3-5-18(6-4-17)22(26)23-19-7-8-20-21(15-19)30-14-13-29-20/h3-8,15H,2,9-14,16H2,1H3,(H,23,26). The Hall–Kier alpha value is -2.62. The van der Waals surface area contributed by atoms with E-state index in [0.29, 0.717) is 62.1 Å². The molecule has 2 heterocycles. The zero-order chi connectivity index (χ0) is 21.8. The van der Waals surface area contributed by atoms with Gasteiger partial charge in [-0.05, 0) is 36.8 Å². The second-order valence-electron chi connectivity index (χ2n) is 7.59. The Labute approximate surface area is 182 Å². The van der Waals surface area contributed by atoms with E-state index in [2.05, 4.69) is 10.2 Å². The van der Waals surface area contributed by atoms with Crippen LogP contribution in [-0.4, -0.2) is 68.7 Å². The molecule has 2 aliphatic heterocycles. The number of hydrogen-bond donors (Lipinski definition) is 1. The van der Waals surface area contributed by atoms with Crippen LogP contribution >= 0.6 is 0 Å². The molecule has 2 aromatic carbocycles. The topological polar surface area (TPSA) is 88.2 Å². The van der Waals surface area contributed by atoms with Gasteiger partial charge in [0, 0.05) is 50.0 Å². The second kappa shape index (κ2) is 9.25. The van der Waals surface area contributed by atoms with Crippen molar-refractivity contribution in [1.82, 2.24) is 9.21 Å². The average Bonchev–Trinajstić information content (AvgIpc) is 2.80. The van der Waals surface area contributed by atoms with E-state index >= 15 is 0 Å². The highest BCUT2D eigenvalue weighted by Crippen LogP contribution is 2.32. The molecule has 0 aliphatic carbocycles. The lowest BCUT2D eigenvalue weighted by Crippen LogP contribution is -2.48. The molecule has 1 N–H and O–H groups in total. The number of fused-ring (bicyclic) bond motifs is 1. The fourth-order valence-corrected chi connectivity index (χ4v) is 4.78. The molecular weight excluding hydrogens is 418 g/mol. The molecule has 9 heteroatoms. The van der Waals surface area contributed by atoms with E-state index in [0.717, 1.165) is 12.1 Å². The molecule has 2 aromatic rings. The predicted octanol–water partition coefficient (Wildman–Crippen LogP) is 2.18. The molecule has 166 valence electrons. The Morgan fingerprint density at radius 1 is 0.968 bits per heavy atom. The first-order valence-electron chi connectivity index (χ1n) is 10.4. The van der Waals surface area contributed by atoms with Crippen LogP contribution in [0.1, 0.15) is 22.8 Å². The van der Waals surface area contributed by atoms with E-state index in [1.807, 2.05) is 12.1 Å². The smallest absolute Gasteiger partial charge is 0.255 e. The normalized spacial score (nSPS) is 17.3. The number of piperazine rings is 1. The Kier molecular flexibility index (Phi) is 6.45. The van der Waals surface area contributed by atoms with Gasteiger partial charge in [-0.2, -0.15) is 4.31 Å². The van der Waals surface area contributed by atoms with Crippen LogP contribution < -0.4 is 14.8 Å². The molecule has 1 fully saturated rings. The number of amides is 1. The summed E-state index contributed by atoms with van der Waals surface area (Å²) in [4.78, 5) is 14.8. The van der Waals surface area contributed by atoms with Crippen molar-refractivity contribution in [2.75, 3.05) is 50.5 Å². The van der Waals surface area contributed by atoms with Crippen LogP contribution in [0.4, 0.5) is 5.69 Å². The molecule has 0 spiro atoms. The van der Waals surface area contributed by atoms with Crippen molar-refractivity contribution in [3.63, 3.8) is 0 Å². The van der Waals surface area contributed by atoms with Crippen molar-refractivity contribution in [1.29, 1.82) is 0 Å². The van der Waals surface area contributed by atoms with Crippen molar-refractivity contribution in [3.05, 3.63) is 53.6 Å². The highest BCUT2D eigenvalue weighted by Gasteiger charge is 2.25. The lowest BCUT2D eigenvalue weighted by molar-refractivity contribution is 0.102. The van der Waals surface area contributed by atoms with Crippen LogP contribution in [0, 0.1) is 0 Å². The number of carbonyl (C=O) groups is 1. The van der Waals surface area contributed by atoms with Crippen LogP contribution in [0.3, 0.4) is 0 Å². The Morgan fingerprint density at radius 2 is 1.65 bits per heavy atom. The van der Waals surface area contributed by atoms with Gasteiger partial charge in [0.2, 0.25) is 10.0 Å². The average molecular weight is 446 g/mol. The minimum atomic E-state index is -3.12. The van der Waals surface area contributed by atoms with Crippen molar-refractivity contribution in [3.8, 4) is 11.5 Å². The van der Waals surface area contributed by atoms with Gasteiger partial charge in [0.1, 0.15) is 13.2 Å². The van der Waals surface area contributed by atoms with E-state index in [1.54, 1.807) is 41.6 Å². The molecule has 0 saturated carbocycles. The summed E-state index contributed by atoms with van der Waals surface area (Å²) in [5, 5.41) is 2.89. The lowest BCUT2D eigenvalue weighted by atomic mass is 10.1. The zero-order valence-corrected chi connectivity index (χ0v) is 18.4. The van der Waals surface area contributed by atoms with Crippen LogP contribution in [0.2, 0.25) is 0 Å². The number of nitrogens with zero attached hydrogens (tertiary/aromatic N) is 2. The van der Waals surface area contributed by atoms with Crippen LogP contribution in [0.15, 0.2) is 42.5 Å². The lowest BCUT2D eigenvalue weighted by Gasteiger charge is -2.33. The van der Waals surface area contributed by atoms with Gasteiger partial charge in [0.15, 0.2) is 11.5 Å². The van der Waals surface area contributed by atoms with Gasteiger partial charge in [-0.1, -0.05) is 12.1 Å². The zero-order valence-electron chi connectivity index (χ0n) is 17.5. The molecule has 0 unspecified atom stereocenters. The van der Waals surface area contributed by atoms with Crippen LogP contribution in [0.25, 0.3) is 0 Å². The summed E-state index contributed by atoms with van der Waals surface area (Å²) in [5.41, 5.74) is 2.30. The largest absolute Gasteiger partial charge is 0.486 e. The monoisotopic (exact) mass is 445 g/mol. The van der Waals surface area contributed by atoms with Crippen molar-refractivity contribution in [2.24, 2.45) is 0 Å². The number of nitrogens with one attached hydrogen (secondary N) is 1. The van der Waals surface area contributed by atoms with E-state index in [4.69, 9.17) is 9.47 Å². The highest BCUT2D eigenvalue weighted by atomic mass is 32.2. The fraction of sp³-hybridized carbons (Fsp3) is 0.409. The minimum Gasteiger partial charge on any atom is -0.486 e. The van der Waals surface area contributed by atoms with Crippen LogP contribution in [-0.2, 0) is 16.6 Å². The molecule has 0 atom stereocenters. The van der Waals surface area contributed by atoms with E-state index in [1.165, 1.54) is 0 Å². The summed E-state index contributed by atoms with van der Waals surface area (Å²) in [6.07, 6.45) is 0. The third-order valence-corrected chi connectivity index (χ3v) is 7.39. The maximum Gasteiger partial charge on any atom is 0.255 e. The summed E-state index contributed by atoms with van der Waals surface area (Å²) < 4.78 is 36.6. The Balaban J connectivity index is 1.32. The number of rotatable bonds is 6. The van der Waals surface area contributed by atoms with E-state index < -0.39 is 10.0 Å². The Morgan fingerprint density at radius 3 is 2.32 bits per heavy atom. The summed E-state index contributed by atoms with van der Waals surface area (Å²) in [5.74, 6) is 1.26. The van der Waals surface area contributed by atoms with Crippen molar-refractivity contribution < 1.29 is 22.7 Å². The van der Waals surface area contributed by atoms with Gasteiger partial charge in [-0.15, -0.1) is 0 Å². The van der Waals surface area contributed by atoms with Crippen LogP contribution in [0.5, 0.6) is 11.5 Å². The third kappa shape index (κ3) is 5.17. The molecule has 2 aliphatic rings. The molecule has 1 amide bonds. The molecular formula is C22H27N3O5S. The molecule has 31 heavy (non-hydrogen) atoms. The molecule has 0 bridgehead atoms. The number of benzene rings is 2. The SMILES string of the molecule is CCS(=O)(=O)N1CCN(Cc2ccc(C(=O)Nc3ccc4c(c3)OCCO4)cc2)CC1. The number of anilines is 1. The fourth-order valence-electron chi connectivity index (χ4n) is 3.69. The second-order valence-corrected chi connectivity index (χ2v) is 9.84. The van der Waals surface area contributed by atoms with Gasteiger partial charge in [-0.3, -0.25) is 9.69 Å². The summed E-state index contributed by atoms with van der Waals surface area (Å²) in [7, 11) is -3.12. The first-order valence-corrected chi connectivity index (χ1v) is 12.1. The van der Waals surface area contributed by atoms with Gasteiger partial charge >= 0.3 is 0 Å². The molecule has 0 aromatic heterocycles. The maximum atomic E-state index is 12.6. The molecule has 0 radical (unpaired) electrons. The minimum absolute atomic E-state index is 0.142. The first kappa shape index (κ1) is 21.6. The van der Waals surface area contributed by atoms with Crippen molar-refractivity contribution in [2.45, 2.75) is 13.5 Å². The molecule has 8 nitrogen and oxygen atoms in total. The summed E-state index contributed by atoms with van der Waals surface area (Å²) in [6, 6.07) is 12.8. The number of hydrogen-bond acceptors (Lipinski definition) is 6. The van der Waals surface area contributed by atoms with Gasteiger partial charge in [0.25, 0.3) is 5.91 Å². The first-order chi connectivity index (χ1) is 14.9. The number of ether oxygens (including phenoxy) is 2. The van der Waals surface area contributed by atoms with Crippen molar-refractivity contribution >= 4 is 21.6 Å². The van der Waals surface area contributed by atoms with Gasteiger partial charge in [0.05, 0.1) is 5.75 Å². The predicted molar refractivity (Wildman–Crippen MR) is 118 cm³/mol. The quantitative estimate of drug-likeness (QED) is 0.733. The third-order valence-electron chi connectivity index (χ3n) is 5.51. The summed E-state index contributed by atoms with van der Waals surface area (Å²) >= 11 is 0. The Bertz CT molecular complexity index is 1030. The molecule has 4 rings (SSSR count). The molecule has 1 saturated heterocycles. The number of sulfonamides is 1. The van der Waals surface area contributed by atoms with E-state index in [-0.39, 0.29) is 11.7 Å². The van der Waals surface area contributed by atoms with Gasteiger partial charge < -0.3 is 14.8 Å².